The van der Waals surface area contributed by atoms with Crippen molar-refractivity contribution in [2.75, 3.05) is 33.2 Å². The summed E-state index contributed by atoms with van der Waals surface area (Å²) < 4.78 is 5.22. The summed E-state index contributed by atoms with van der Waals surface area (Å²) in [5, 5.41) is 3.91. The lowest BCUT2D eigenvalue weighted by molar-refractivity contribution is 0.0784. The molecule has 0 aromatic carbocycles. The first-order chi connectivity index (χ1) is 8.22. The molecule has 1 atom stereocenters. The van der Waals surface area contributed by atoms with Gasteiger partial charge in [-0.2, -0.15) is 4.98 Å². The number of piperazine rings is 1. The van der Waals surface area contributed by atoms with Crippen LogP contribution in [-0.2, 0) is 13.0 Å². The van der Waals surface area contributed by atoms with Crippen molar-refractivity contribution in [3.8, 4) is 0 Å². The van der Waals surface area contributed by atoms with Crippen LogP contribution in [0.1, 0.15) is 18.6 Å². The fourth-order valence-corrected chi connectivity index (χ4v) is 2.15. The van der Waals surface area contributed by atoms with Crippen molar-refractivity contribution in [3.05, 3.63) is 11.7 Å². The Labute approximate surface area is 102 Å². The van der Waals surface area contributed by atoms with Gasteiger partial charge < -0.3 is 15.2 Å². The van der Waals surface area contributed by atoms with Gasteiger partial charge in [-0.1, -0.05) is 12.1 Å². The van der Waals surface area contributed by atoms with Gasteiger partial charge in [0.15, 0.2) is 5.82 Å². The molecule has 0 radical (unpaired) electrons. The maximum absolute atomic E-state index is 5.81. The molecule has 17 heavy (non-hydrogen) atoms. The van der Waals surface area contributed by atoms with Crippen molar-refractivity contribution in [2.24, 2.45) is 5.73 Å². The van der Waals surface area contributed by atoms with Crippen LogP contribution >= 0.6 is 0 Å². The molecular formula is C11H21N5O. The zero-order valence-electron chi connectivity index (χ0n) is 10.6. The van der Waals surface area contributed by atoms with Crippen LogP contribution in [0.15, 0.2) is 4.52 Å². The number of nitrogens with zero attached hydrogens (tertiary/aromatic N) is 4. The second kappa shape index (κ2) is 5.57. The maximum atomic E-state index is 5.81. The highest BCUT2D eigenvalue weighted by molar-refractivity contribution is 4.89. The van der Waals surface area contributed by atoms with Gasteiger partial charge in [0.2, 0.25) is 5.89 Å². The van der Waals surface area contributed by atoms with Gasteiger partial charge in [-0.05, 0) is 7.05 Å². The maximum Gasteiger partial charge on any atom is 0.240 e. The summed E-state index contributed by atoms with van der Waals surface area (Å²) in [6.07, 6.45) is 0.812. The number of rotatable bonds is 4. The number of nitrogens with two attached hydrogens (primary N) is 1. The molecule has 0 aliphatic carbocycles. The van der Waals surface area contributed by atoms with E-state index in [0.717, 1.165) is 31.9 Å². The minimum absolute atomic E-state index is 0.380. The SMILES string of the molecule is CCc1noc(CN2CCN(C)CC2CN)n1. The third-order valence-electron chi connectivity index (χ3n) is 3.24. The molecule has 0 bridgehead atoms. The van der Waals surface area contributed by atoms with E-state index in [9.17, 15) is 0 Å². The van der Waals surface area contributed by atoms with Gasteiger partial charge in [0.1, 0.15) is 0 Å². The van der Waals surface area contributed by atoms with E-state index in [1.807, 2.05) is 6.92 Å². The molecule has 96 valence electrons. The summed E-state index contributed by atoms with van der Waals surface area (Å²) in [5.41, 5.74) is 5.81. The Morgan fingerprint density at radius 3 is 2.94 bits per heavy atom. The Morgan fingerprint density at radius 2 is 2.29 bits per heavy atom. The highest BCUT2D eigenvalue weighted by Gasteiger charge is 2.25. The molecule has 6 nitrogen and oxygen atoms in total. The van der Waals surface area contributed by atoms with Crippen molar-refractivity contribution in [3.63, 3.8) is 0 Å². The van der Waals surface area contributed by atoms with Crippen molar-refractivity contribution in [2.45, 2.75) is 25.9 Å². The molecule has 1 aliphatic rings. The summed E-state index contributed by atoms with van der Waals surface area (Å²) in [7, 11) is 2.13. The van der Waals surface area contributed by atoms with Gasteiger partial charge in [-0.25, -0.2) is 0 Å². The molecule has 1 unspecified atom stereocenters. The molecule has 0 spiro atoms. The summed E-state index contributed by atoms with van der Waals surface area (Å²) in [6, 6.07) is 0.380. The number of aromatic nitrogens is 2. The zero-order chi connectivity index (χ0) is 12.3. The fourth-order valence-electron chi connectivity index (χ4n) is 2.15. The van der Waals surface area contributed by atoms with Gasteiger partial charge in [0.05, 0.1) is 6.54 Å². The first-order valence-corrected chi connectivity index (χ1v) is 6.17. The Kier molecular flexibility index (Phi) is 4.09. The van der Waals surface area contributed by atoms with E-state index in [1.54, 1.807) is 0 Å². The quantitative estimate of drug-likeness (QED) is 0.778. The summed E-state index contributed by atoms with van der Waals surface area (Å²) in [6.45, 7) is 6.47. The van der Waals surface area contributed by atoms with Crippen molar-refractivity contribution in [1.82, 2.24) is 19.9 Å². The van der Waals surface area contributed by atoms with Crippen molar-refractivity contribution < 1.29 is 4.52 Å². The highest BCUT2D eigenvalue weighted by Crippen LogP contribution is 2.11. The molecule has 0 saturated carbocycles. The number of likely N-dealkylation sites (N-methyl/N-ethyl adjacent to an activating group) is 1. The third-order valence-corrected chi connectivity index (χ3v) is 3.24. The average molecular weight is 239 g/mol. The topological polar surface area (TPSA) is 71.4 Å². The van der Waals surface area contributed by atoms with E-state index in [-0.39, 0.29) is 0 Å². The van der Waals surface area contributed by atoms with E-state index in [2.05, 4.69) is 27.0 Å². The van der Waals surface area contributed by atoms with Crippen LogP contribution in [-0.4, -0.2) is 59.2 Å². The minimum atomic E-state index is 0.380. The van der Waals surface area contributed by atoms with Crippen LogP contribution in [0.5, 0.6) is 0 Å². The Bertz CT molecular complexity index is 353. The lowest BCUT2D eigenvalue weighted by atomic mass is 10.2. The molecular weight excluding hydrogens is 218 g/mol. The fraction of sp³-hybridized carbons (Fsp3) is 0.818. The molecule has 6 heteroatoms. The molecule has 1 aromatic heterocycles. The smallest absolute Gasteiger partial charge is 0.240 e. The van der Waals surface area contributed by atoms with Crippen LogP contribution in [0.2, 0.25) is 0 Å². The van der Waals surface area contributed by atoms with Gasteiger partial charge in [-0.3, -0.25) is 4.90 Å². The Balaban J connectivity index is 1.97. The van der Waals surface area contributed by atoms with E-state index in [4.69, 9.17) is 10.3 Å². The zero-order valence-corrected chi connectivity index (χ0v) is 10.6. The second-order valence-electron chi connectivity index (χ2n) is 4.58. The van der Waals surface area contributed by atoms with Crippen LogP contribution in [0.25, 0.3) is 0 Å². The molecule has 2 rings (SSSR count). The van der Waals surface area contributed by atoms with Crippen molar-refractivity contribution in [1.29, 1.82) is 0 Å². The number of hydrogen-bond donors (Lipinski definition) is 1. The molecule has 2 N–H and O–H groups in total. The van der Waals surface area contributed by atoms with Gasteiger partial charge >= 0.3 is 0 Å². The van der Waals surface area contributed by atoms with Crippen LogP contribution in [0.4, 0.5) is 0 Å². The lowest BCUT2D eigenvalue weighted by Crippen LogP contribution is -2.54. The molecule has 1 aromatic rings. The predicted octanol–water partition coefficient (Wildman–Crippen LogP) is -0.293. The van der Waals surface area contributed by atoms with Crippen molar-refractivity contribution >= 4 is 0 Å². The highest BCUT2D eigenvalue weighted by atomic mass is 16.5. The first kappa shape index (κ1) is 12.5. The third kappa shape index (κ3) is 3.02. The van der Waals surface area contributed by atoms with E-state index < -0.39 is 0 Å². The molecule has 1 fully saturated rings. The number of hydrogen-bond acceptors (Lipinski definition) is 6. The largest absolute Gasteiger partial charge is 0.338 e. The molecule has 0 amide bonds. The van der Waals surface area contributed by atoms with E-state index in [0.29, 0.717) is 25.0 Å². The predicted molar refractivity (Wildman–Crippen MR) is 64.4 cm³/mol. The minimum Gasteiger partial charge on any atom is -0.338 e. The number of aryl methyl sites for hydroxylation is 1. The summed E-state index contributed by atoms with van der Waals surface area (Å²) in [4.78, 5) is 8.97. The van der Waals surface area contributed by atoms with E-state index >= 15 is 0 Å². The molecule has 1 saturated heterocycles. The van der Waals surface area contributed by atoms with E-state index in [1.165, 1.54) is 0 Å². The molecule has 2 heterocycles. The Morgan fingerprint density at radius 1 is 1.47 bits per heavy atom. The lowest BCUT2D eigenvalue weighted by Gasteiger charge is -2.38. The molecule has 1 aliphatic heterocycles. The second-order valence-corrected chi connectivity index (χ2v) is 4.58. The van der Waals surface area contributed by atoms with Crippen LogP contribution < -0.4 is 5.73 Å². The van der Waals surface area contributed by atoms with Crippen LogP contribution in [0.3, 0.4) is 0 Å². The standard InChI is InChI=1S/C11H21N5O/c1-3-10-13-11(17-14-10)8-16-5-4-15(2)7-9(16)6-12/h9H,3-8,12H2,1-2H3. The summed E-state index contributed by atoms with van der Waals surface area (Å²) in [5.74, 6) is 1.48. The van der Waals surface area contributed by atoms with Crippen LogP contribution in [0, 0.1) is 0 Å². The monoisotopic (exact) mass is 239 g/mol. The first-order valence-electron chi connectivity index (χ1n) is 6.17. The average Bonchev–Trinajstić information content (AvgIpc) is 2.79. The summed E-state index contributed by atoms with van der Waals surface area (Å²) >= 11 is 0. The van der Waals surface area contributed by atoms with Gasteiger partial charge in [0.25, 0.3) is 0 Å². The Hall–Kier alpha value is -0.980. The van der Waals surface area contributed by atoms with Gasteiger partial charge in [0, 0.05) is 38.6 Å². The normalized spacial score (nSPS) is 23.1. The van der Waals surface area contributed by atoms with Gasteiger partial charge in [-0.15, -0.1) is 0 Å².